The van der Waals surface area contributed by atoms with Crippen molar-refractivity contribution in [2.75, 3.05) is 32.8 Å². The molecule has 31 heavy (non-hydrogen) atoms. The summed E-state index contributed by atoms with van der Waals surface area (Å²) in [5.74, 6) is -0.582. The van der Waals surface area contributed by atoms with Crippen LogP contribution >= 0.6 is 0 Å². The molecule has 0 aromatic carbocycles. The summed E-state index contributed by atoms with van der Waals surface area (Å²) in [4.78, 5) is 11.2. The van der Waals surface area contributed by atoms with Gasteiger partial charge in [0.05, 0.1) is 19.3 Å². The molecule has 184 valence electrons. The van der Waals surface area contributed by atoms with Crippen LogP contribution in [0, 0.1) is 0 Å². The van der Waals surface area contributed by atoms with Crippen molar-refractivity contribution < 1.29 is 60.2 Å². The molecule has 0 spiro atoms. The minimum absolute atomic E-state index is 0.122. The van der Waals surface area contributed by atoms with Crippen LogP contribution in [0.5, 0.6) is 0 Å². The summed E-state index contributed by atoms with van der Waals surface area (Å²) in [5, 5.41) is 92.8. The normalized spacial score (nSPS) is 31.5. The minimum Gasteiger partial charge on any atom is -0.394 e. The molecule has 10 unspecified atom stereocenters. The van der Waals surface area contributed by atoms with Gasteiger partial charge in [-0.15, -0.1) is 0 Å². The first-order valence-corrected chi connectivity index (χ1v) is 9.82. The predicted octanol–water partition coefficient (Wildman–Crippen LogP) is -6.67. The first-order chi connectivity index (χ1) is 14.5. The lowest BCUT2D eigenvalue weighted by atomic mass is 9.98. The number of aliphatic hydroxyl groups is 9. The Labute approximate surface area is 178 Å². The smallest absolute Gasteiger partial charge is 0.248 e. The highest BCUT2D eigenvalue weighted by molar-refractivity contribution is 5.79. The highest BCUT2D eigenvalue weighted by Gasteiger charge is 2.46. The third-order valence-electron chi connectivity index (χ3n) is 4.77. The molecule has 1 aliphatic heterocycles. The minimum atomic E-state index is -1.81. The van der Waals surface area contributed by atoms with Crippen molar-refractivity contribution in [1.29, 1.82) is 0 Å². The first kappa shape index (κ1) is 28.0. The SMILES string of the molecule is CC(O)C(=O)NCCNCC(O)C(O)C(OC1OC(CO)C(O)C(O)C1O)C(O)CO. The van der Waals surface area contributed by atoms with Crippen LogP contribution in [0.3, 0.4) is 0 Å². The third-order valence-corrected chi connectivity index (χ3v) is 4.77. The van der Waals surface area contributed by atoms with Gasteiger partial charge in [0.25, 0.3) is 0 Å². The maximum absolute atomic E-state index is 11.2. The zero-order chi connectivity index (χ0) is 23.7. The molecule has 1 saturated heterocycles. The monoisotopic (exact) mass is 458 g/mol. The van der Waals surface area contributed by atoms with Crippen molar-refractivity contribution in [2.45, 2.75) is 68.1 Å². The van der Waals surface area contributed by atoms with Crippen molar-refractivity contribution in [2.24, 2.45) is 0 Å². The molecule has 1 heterocycles. The Balaban J connectivity index is 2.66. The Bertz CT molecular complexity index is 525. The molecular formula is C17H34N2O12. The van der Waals surface area contributed by atoms with Gasteiger partial charge in [-0.3, -0.25) is 4.79 Å². The molecule has 0 aromatic heterocycles. The van der Waals surface area contributed by atoms with Gasteiger partial charge in [0.15, 0.2) is 6.29 Å². The molecule has 14 nitrogen and oxygen atoms in total. The molecule has 10 atom stereocenters. The Kier molecular flexibility index (Phi) is 12.2. The maximum Gasteiger partial charge on any atom is 0.248 e. The lowest BCUT2D eigenvalue weighted by Crippen LogP contribution is -2.61. The van der Waals surface area contributed by atoms with E-state index in [2.05, 4.69) is 10.6 Å². The van der Waals surface area contributed by atoms with E-state index in [4.69, 9.17) is 14.6 Å². The van der Waals surface area contributed by atoms with Crippen LogP contribution in [0.4, 0.5) is 0 Å². The molecule has 1 fully saturated rings. The number of rotatable bonds is 13. The Hall–Kier alpha value is -1.01. The van der Waals surface area contributed by atoms with Crippen molar-refractivity contribution in [3.63, 3.8) is 0 Å². The zero-order valence-corrected chi connectivity index (χ0v) is 17.1. The van der Waals surface area contributed by atoms with E-state index < -0.39 is 80.3 Å². The fourth-order valence-corrected chi connectivity index (χ4v) is 2.85. The molecule has 11 N–H and O–H groups in total. The Morgan fingerprint density at radius 1 is 1.00 bits per heavy atom. The van der Waals surface area contributed by atoms with Crippen LogP contribution in [-0.4, -0.2) is 146 Å². The molecule has 0 saturated carbocycles. The number of nitrogens with one attached hydrogen (secondary N) is 2. The number of aliphatic hydroxyl groups excluding tert-OH is 9. The summed E-state index contributed by atoms with van der Waals surface area (Å²) in [7, 11) is 0. The number of carbonyl (C=O) groups excluding carboxylic acids is 1. The summed E-state index contributed by atoms with van der Waals surface area (Å²) >= 11 is 0. The maximum atomic E-state index is 11.2. The highest BCUT2D eigenvalue weighted by Crippen LogP contribution is 2.24. The van der Waals surface area contributed by atoms with Gasteiger partial charge in [0.2, 0.25) is 5.91 Å². The van der Waals surface area contributed by atoms with Gasteiger partial charge < -0.3 is 66.1 Å². The Morgan fingerprint density at radius 3 is 2.19 bits per heavy atom. The van der Waals surface area contributed by atoms with Crippen molar-refractivity contribution in [1.82, 2.24) is 10.6 Å². The number of ether oxygens (including phenoxy) is 2. The topological polar surface area (TPSA) is 242 Å². The molecule has 0 radical (unpaired) electrons. The average molecular weight is 458 g/mol. The lowest BCUT2D eigenvalue weighted by molar-refractivity contribution is -0.327. The second kappa shape index (κ2) is 13.5. The average Bonchev–Trinajstić information content (AvgIpc) is 2.75. The van der Waals surface area contributed by atoms with Gasteiger partial charge in [-0.25, -0.2) is 0 Å². The van der Waals surface area contributed by atoms with E-state index in [1.807, 2.05) is 0 Å². The number of carbonyl (C=O) groups is 1. The zero-order valence-electron chi connectivity index (χ0n) is 17.1. The molecule has 1 amide bonds. The molecule has 0 bridgehead atoms. The van der Waals surface area contributed by atoms with E-state index in [1.165, 1.54) is 6.92 Å². The number of hydrogen-bond acceptors (Lipinski definition) is 13. The van der Waals surface area contributed by atoms with E-state index in [-0.39, 0.29) is 19.6 Å². The van der Waals surface area contributed by atoms with Crippen molar-refractivity contribution in [3.05, 3.63) is 0 Å². The van der Waals surface area contributed by atoms with E-state index >= 15 is 0 Å². The first-order valence-electron chi connectivity index (χ1n) is 9.82. The van der Waals surface area contributed by atoms with Crippen LogP contribution in [0.1, 0.15) is 6.92 Å². The van der Waals surface area contributed by atoms with Gasteiger partial charge in [-0.2, -0.15) is 0 Å². The van der Waals surface area contributed by atoms with Gasteiger partial charge in [-0.1, -0.05) is 0 Å². The highest BCUT2D eigenvalue weighted by atomic mass is 16.7. The summed E-state index contributed by atoms with van der Waals surface area (Å²) in [6.07, 6.45) is -16.1. The van der Waals surface area contributed by atoms with Gasteiger partial charge in [0.1, 0.15) is 48.8 Å². The second-order valence-corrected chi connectivity index (χ2v) is 7.28. The predicted molar refractivity (Wildman–Crippen MR) is 101 cm³/mol. The van der Waals surface area contributed by atoms with Gasteiger partial charge in [-0.05, 0) is 6.92 Å². The third kappa shape index (κ3) is 8.12. The number of amides is 1. The van der Waals surface area contributed by atoms with Crippen LogP contribution < -0.4 is 10.6 Å². The summed E-state index contributed by atoms with van der Waals surface area (Å²) in [6, 6.07) is 0. The molecule has 0 aliphatic carbocycles. The Morgan fingerprint density at radius 2 is 1.65 bits per heavy atom. The lowest BCUT2D eigenvalue weighted by Gasteiger charge is -2.42. The van der Waals surface area contributed by atoms with E-state index in [1.54, 1.807) is 0 Å². The molecule has 0 aromatic rings. The van der Waals surface area contributed by atoms with Gasteiger partial charge in [0, 0.05) is 19.6 Å². The van der Waals surface area contributed by atoms with E-state index in [0.717, 1.165) is 0 Å². The van der Waals surface area contributed by atoms with E-state index in [0.29, 0.717) is 0 Å². The summed E-state index contributed by atoms with van der Waals surface area (Å²) < 4.78 is 10.4. The standard InChI is InChI=1S/C17H34N2O12/c1-7(22)16(29)19-3-2-18-4-8(23)11(25)15(9(24)5-20)31-17-14(28)13(27)12(26)10(6-21)30-17/h7-15,17-18,20-28H,2-6H2,1H3,(H,19,29). The number of hydrogen-bond donors (Lipinski definition) is 11. The van der Waals surface area contributed by atoms with E-state index in [9.17, 15) is 45.6 Å². The molecular weight excluding hydrogens is 424 g/mol. The van der Waals surface area contributed by atoms with Crippen molar-refractivity contribution >= 4 is 5.91 Å². The molecule has 1 aliphatic rings. The van der Waals surface area contributed by atoms with Crippen LogP contribution in [0.2, 0.25) is 0 Å². The van der Waals surface area contributed by atoms with Gasteiger partial charge >= 0.3 is 0 Å². The molecule has 14 heteroatoms. The largest absolute Gasteiger partial charge is 0.394 e. The quantitative estimate of drug-likeness (QED) is 0.115. The van der Waals surface area contributed by atoms with Crippen LogP contribution in [0.15, 0.2) is 0 Å². The van der Waals surface area contributed by atoms with Crippen molar-refractivity contribution in [3.8, 4) is 0 Å². The summed E-state index contributed by atoms with van der Waals surface area (Å²) in [5.41, 5.74) is 0. The molecule has 1 rings (SSSR count). The second-order valence-electron chi connectivity index (χ2n) is 7.28. The fourth-order valence-electron chi connectivity index (χ4n) is 2.85. The fraction of sp³-hybridized carbons (Fsp3) is 0.941. The summed E-state index contributed by atoms with van der Waals surface area (Å²) in [6.45, 7) is -0.244. The van der Waals surface area contributed by atoms with Crippen LogP contribution in [0.25, 0.3) is 0 Å². The van der Waals surface area contributed by atoms with Crippen LogP contribution in [-0.2, 0) is 14.3 Å².